The summed E-state index contributed by atoms with van der Waals surface area (Å²) in [6.45, 7) is 3.66. The fourth-order valence-electron chi connectivity index (χ4n) is 0.935. The van der Waals surface area contributed by atoms with Crippen molar-refractivity contribution in [1.82, 2.24) is 9.97 Å². The molecule has 0 aliphatic carbocycles. The molecule has 1 aromatic heterocycles. The lowest BCUT2D eigenvalue weighted by molar-refractivity contribution is -0.146. The minimum atomic E-state index is -0.834. The average Bonchev–Trinajstić information content (AvgIpc) is 2.26. The lowest BCUT2D eigenvalue weighted by Crippen LogP contribution is -2.32. The van der Waals surface area contributed by atoms with E-state index in [-0.39, 0.29) is 0 Å². The van der Waals surface area contributed by atoms with Gasteiger partial charge in [-0.1, -0.05) is 0 Å². The van der Waals surface area contributed by atoms with Gasteiger partial charge in [0, 0.05) is 12.6 Å². The predicted octanol–water partition coefficient (Wildman–Crippen LogP) is 1.72. The SMILES string of the molecule is CSc1cc(NCC(C)(C)C(=O)O)ncn1. The molecule has 5 nitrogen and oxygen atoms in total. The summed E-state index contributed by atoms with van der Waals surface area (Å²) in [5.74, 6) is -0.187. The van der Waals surface area contributed by atoms with Gasteiger partial charge in [-0.25, -0.2) is 9.97 Å². The number of hydrogen-bond donors (Lipinski definition) is 2. The molecule has 6 heteroatoms. The molecule has 0 unspecified atom stereocenters. The molecule has 0 bridgehead atoms. The molecule has 0 aliphatic heterocycles. The molecule has 1 aromatic rings. The van der Waals surface area contributed by atoms with Gasteiger partial charge < -0.3 is 10.4 Å². The Morgan fingerprint density at radius 2 is 2.25 bits per heavy atom. The van der Waals surface area contributed by atoms with Crippen LogP contribution in [-0.2, 0) is 4.79 Å². The van der Waals surface area contributed by atoms with Crippen LogP contribution in [0.15, 0.2) is 17.4 Å². The van der Waals surface area contributed by atoms with E-state index in [1.807, 2.05) is 6.26 Å². The molecule has 0 saturated carbocycles. The van der Waals surface area contributed by atoms with Crippen LogP contribution in [0.25, 0.3) is 0 Å². The zero-order valence-corrected chi connectivity index (χ0v) is 10.3. The molecular formula is C10H15N3O2S. The summed E-state index contributed by atoms with van der Waals surface area (Å²) in [6, 6.07) is 1.79. The maximum Gasteiger partial charge on any atom is 0.310 e. The zero-order chi connectivity index (χ0) is 12.2. The van der Waals surface area contributed by atoms with Crippen LogP contribution in [0.4, 0.5) is 5.82 Å². The number of rotatable bonds is 5. The third kappa shape index (κ3) is 3.37. The van der Waals surface area contributed by atoms with Gasteiger partial charge >= 0.3 is 5.97 Å². The fraction of sp³-hybridized carbons (Fsp3) is 0.500. The first kappa shape index (κ1) is 12.8. The van der Waals surface area contributed by atoms with Crippen molar-refractivity contribution in [2.75, 3.05) is 18.1 Å². The molecule has 1 rings (SSSR count). The number of thioether (sulfide) groups is 1. The molecular weight excluding hydrogens is 226 g/mol. The van der Waals surface area contributed by atoms with Gasteiger partial charge in [0.15, 0.2) is 0 Å². The topological polar surface area (TPSA) is 75.1 Å². The molecule has 0 atom stereocenters. The summed E-state index contributed by atoms with van der Waals surface area (Å²) in [4.78, 5) is 18.9. The maximum absolute atomic E-state index is 10.9. The van der Waals surface area contributed by atoms with E-state index in [4.69, 9.17) is 5.11 Å². The summed E-state index contributed by atoms with van der Waals surface area (Å²) in [5.41, 5.74) is -0.815. The number of aromatic nitrogens is 2. The monoisotopic (exact) mass is 241 g/mol. The number of nitrogens with zero attached hydrogens (tertiary/aromatic N) is 2. The number of carboxylic acids is 1. The van der Waals surface area contributed by atoms with Gasteiger partial charge in [0.05, 0.1) is 5.41 Å². The highest BCUT2D eigenvalue weighted by atomic mass is 32.2. The Kier molecular flexibility index (Phi) is 4.12. The molecule has 1 heterocycles. The second kappa shape index (κ2) is 5.16. The lowest BCUT2D eigenvalue weighted by Gasteiger charge is -2.19. The molecule has 0 radical (unpaired) electrons. The van der Waals surface area contributed by atoms with Crippen LogP contribution < -0.4 is 5.32 Å². The minimum absolute atomic E-state index is 0.327. The van der Waals surface area contributed by atoms with Crippen molar-refractivity contribution in [2.45, 2.75) is 18.9 Å². The second-order valence-corrected chi connectivity index (χ2v) is 4.81. The average molecular weight is 241 g/mol. The Hall–Kier alpha value is -1.30. The van der Waals surface area contributed by atoms with Crippen molar-refractivity contribution in [3.05, 3.63) is 12.4 Å². The number of hydrogen-bond acceptors (Lipinski definition) is 5. The summed E-state index contributed by atoms with van der Waals surface area (Å²) in [7, 11) is 0. The largest absolute Gasteiger partial charge is 0.481 e. The Morgan fingerprint density at radius 1 is 1.56 bits per heavy atom. The molecule has 0 saturated heterocycles. The molecule has 0 amide bonds. The number of carbonyl (C=O) groups is 1. The Balaban J connectivity index is 2.64. The predicted molar refractivity (Wildman–Crippen MR) is 63.7 cm³/mol. The number of nitrogens with one attached hydrogen (secondary N) is 1. The van der Waals surface area contributed by atoms with Crippen LogP contribution in [0.2, 0.25) is 0 Å². The van der Waals surface area contributed by atoms with E-state index in [0.717, 1.165) is 5.03 Å². The van der Waals surface area contributed by atoms with Gasteiger partial charge in [-0.2, -0.15) is 0 Å². The zero-order valence-electron chi connectivity index (χ0n) is 9.52. The summed E-state index contributed by atoms with van der Waals surface area (Å²) < 4.78 is 0. The van der Waals surface area contributed by atoms with Crippen molar-refractivity contribution in [1.29, 1.82) is 0 Å². The standard InChI is InChI=1S/C10H15N3O2S/c1-10(2,9(14)15)5-11-7-4-8(16-3)13-6-12-7/h4,6H,5H2,1-3H3,(H,14,15)(H,11,12,13). The van der Waals surface area contributed by atoms with Crippen LogP contribution in [0.1, 0.15) is 13.8 Å². The first-order valence-electron chi connectivity index (χ1n) is 4.79. The smallest absolute Gasteiger partial charge is 0.310 e. The third-order valence-corrected chi connectivity index (χ3v) is 2.78. The van der Waals surface area contributed by atoms with E-state index in [9.17, 15) is 4.79 Å². The number of anilines is 1. The summed E-state index contributed by atoms with van der Waals surface area (Å²) in [6.07, 6.45) is 3.38. The highest BCUT2D eigenvalue weighted by Gasteiger charge is 2.26. The summed E-state index contributed by atoms with van der Waals surface area (Å²) in [5, 5.41) is 12.8. The van der Waals surface area contributed by atoms with E-state index in [2.05, 4.69) is 15.3 Å². The molecule has 16 heavy (non-hydrogen) atoms. The molecule has 2 N–H and O–H groups in total. The van der Waals surface area contributed by atoms with Gasteiger partial charge in [-0.3, -0.25) is 4.79 Å². The van der Waals surface area contributed by atoms with Gasteiger partial charge in [-0.15, -0.1) is 11.8 Å². The third-order valence-electron chi connectivity index (χ3n) is 2.14. The normalized spacial score (nSPS) is 11.2. The maximum atomic E-state index is 10.9. The first-order chi connectivity index (χ1) is 7.45. The van der Waals surface area contributed by atoms with Crippen molar-refractivity contribution in [2.24, 2.45) is 5.41 Å². The molecule has 0 fully saturated rings. The van der Waals surface area contributed by atoms with Gasteiger partial charge in [0.25, 0.3) is 0 Å². The van der Waals surface area contributed by atoms with Crippen LogP contribution in [-0.4, -0.2) is 33.8 Å². The molecule has 88 valence electrons. The van der Waals surface area contributed by atoms with E-state index < -0.39 is 11.4 Å². The van der Waals surface area contributed by atoms with Gasteiger partial charge in [-0.05, 0) is 20.1 Å². The highest BCUT2D eigenvalue weighted by Crippen LogP contribution is 2.18. The van der Waals surface area contributed by atoms with E-state index in [1.54, 1.807) is 19.9 Å². The van der Waals surface area contributed by atoms with Crippen LogP contribution >= 0.6 is 11.8 Å². The van der Waals surface area contributed by atoms with Crippen molar-refractivity contribution in [3.63, 3.8) is 0 Å². The highest BCUT2D eigenvalue weighted by molar-refractivity contribution is 7.98. The summed E-state index contributed by atoms with van der Waals surface area (Å²) >= 11 is 1.52. The fourth-order valence-corrected chi connectivity index (χ4v) is 1.32. The minimum Gasteiger partial charge on any atom is -0.481 e. The van der Waals surface area contributed by atoms with Crippen LogP contribution in [0.5, 0.6) is 0 Å². The Bertz CT molecular complexity index is 382. The first-order valence-corrected chi connectivity index (χ1v) is 6.01. The second-order valence-electron chi connectivity index (χ2n) is 3.99. The van der Waals surface area contributed by atoms with Gasteiger partial charge in [0.1, 0.15) is 17.2 Å². The number of aliphatic carboxylic acids is 1. The van der Waals surface area contributed by atoms with Crippen molar-refractivity contribution >= 4 is 23.5 Å². The van der Waals surface area contributed by atoms with E-state index in [0.29, 0.717) is 12.4 Å². The van der Waals surface area contributed by atoms with Crippen molar-refractivity contribution < 1.29 is 9.90 Å². The molecule has 0 spiro atoms. The molecule has 0 aromatic carbocycles. The Morgan fingerprint density at radius 3 is 2.81 bits per heavy atom. The number of carboxylic acid groups (broad SMARTS) is 1. The quantitative estimate of drug-likeness (QED) is 0.604. The lowest BCUT2D eigenvalue weighted by atomic mass is 9.94. The Labute approximate surface area is 98.7 Å². The van der Waals surface area contributed by atoms with Crippen LogP contribution in [0.3, 0.4) is 0 Å². The van der Waals surface area contributed by atoms with Gasteiger partial charge in [0.2, 0.25) is 0 Å². The molecule has 0 aliphatic rings. The van der Waals surface area contributed by atoms with E-state index >= 15 is 0 Å². The van der Waals surface area contributed by atoms with Crippen LogP contribution in [0, 0.1) is 5.41 Å². The van der Waals surface area contributed by atoms with Crippen molar-refractivity contribution in [3.8, 4) is 0 Å². The van der Waals surface area contributed by atoms with E-state index in [1.165, 1.54) is 18.1 Å².